The molecular formula is C15H12Cl2FN3O3. The van der Waals surface area contributed by atoms with Crippen molar-refractivity contribution in [3.63, 3.8) is 0 Å². The molecule has 0 unspecified atom stereocenters. The van der Waals surface area contributed by atoms with Crippen molar-refractivity contribution in [2.24, 2.45) is 0 Å². The van der Waals surface area contributed by atoms with Crippen LogP contribution in [0.5, 0.6) is 0 Å². The van der Waals surface area contributed by atoms with Gasteiger partial charge in [-0.1, -0.05) is 23.2 Å². The van der Waals surface area contributed by atoms with Crippen LogP contribution in [-0.4, -0.2) is 59.1 Å². The number of nitrogens with one attached hydrogen (secondary N) is 1. The molecule has 1 aromatic heterocycles. The van der Waals surface area contributed by atoms with Crippen molar-refractivity contribution >= 4 is 46.1 Å². The number of halogens is 3. The first-order valence-corrected chi connectivity index (χ1v) is 8.11. The van der Waals surface area contributed by atoms with Crippen LogP contribution in [0.15, 0.2) is 12.1 Å². The number of piperazine rings is 1. The summed E-state index contributed by atoms with van der Waals surface area (Å²) in [6, 6.07) is 2.55. The first-order valence-electron chi connectivity index (χ1n) is 7.35. The summed E-state index contributed by atoms with van der Waals surface area (Å²) in [5, 5.41) is 0.271. The highest BCUT2D eigenvalue weighted by Gasteiger charge is 2.39. The second kappa shape index (κ2) is 5.53. The van der Waals surface area contributed by atoms with Gasteiger partial charge in [-0.3, -0.25) is 9.69 Å². The molecule has 1 atom stereocenters. The van der Waals surface area contributed by atoms with Crippen LogP contribution in [0.4, 0.5) is 9.18 Å². The Morgan fingerprint density at radius 3 is 2.88 bits per heavy atom. The second-order valence-electron chi connectivity index (χ2n) is 5.77. The van der Waals surface area contributed by atoms with Gasteiger partial charge in [-0.05, 0) is 12.1 Å². The van der Waals surface area contributed by atoms with Gasteiger partial charge in [0.2, 0.25) is 0 Å². The molecule has 2 amide bonds. The number of cyclic esters (lactones) is 1. The largest absolute Gasteiger partial charge is 0.447 e. The summed E-state index contributed by atoms with van der Waals surface area (Å²) >= 11 is 12.2. The molecule has 0 saturated carbocycles. The van der Waals surface area contributed by atoms with Gasteiger partial charge in [0.25, 0.3) is 5.91 Å². The summed E-state index contributed by atoms with van der Waals surface area (Å²) in [5.41, 5.74) is 0.658. The lowest BCUT2D eigenvalue weighted by molar-refractivity contribution is 0.0612. The van der Waals surface area contributed by atoms with E-state index in [1.165, 1.54) is 12.1 Å². The molecule has 0 radical (unpaired) electrons. The number of nitrogens with zero attached hydrogens (tertiary/aromatic N) is 2. The fourth-order valence-corrected chi connectivity index (χ4v) is 3.79. The van der Waals surface area contributed by atoms with Gasteiger partial charge in [0.15, 0.2) is 0 Å². The number of carbonyl (C=O) groups excluding carboxylic acids is 2. The van der Waals surface area contributed by atoms with E-state index in [9.17, 15) is 14.0 Å². The number of hydrogen-bond acceptors (Lipinski definition) is 3. The van der Waals surface area contributed by atoms with Crippen molar-refractivity contribution in [1.82, 2.24) is 14.8 Å². The number of carbonyl (C=O) groups is 2. The Hall–Kier alpha value is -1.99. The SMILES string of the molecule is O=C(c1[nH]c2ccc(F)c(Cl)c2c1Cl)N1CCN2C(=O)OC[C@H]2C1. The van der Waals surface area contributed by atoms with Crippen molar-refractivity contribution < 1.29 is 18.7 Å². The first kappa shape index (κ1) is 15.5. The van der Waals surface area contributed by atoms with Crippen LogP contribution in [0.2, 0.25) is 10.0 Å². The highest BCUT2D eigenvalue weighted by atomic mass is 35.5. The minimum absolute atomic E-state index is 0.0978. The molecule has 2 aliphatic rings. The molecule has 0 spiro atoms. The Kier molecular flexibility index (Phi) is 3.58. The van der Waals surface area contributed by atoms with Gasteiger partial charge in [0.05, 0.1) is 16.1 Å². The standard InChI is InChI=1S/C15H12Cl2FN3O3/c16-11-8(18)1-2-9-10(11)12(17)13(19-9)14(22)20-3-4-21-7(5-20)6-24-15(21)23/h1-2,7,19H,3-6H2/t7-/m1/s1. The maximum atomic E-state index is 13.6. The monoisotopic (exact) mass is 371 g/mol. The fourth-order valence-electron chi connectivity index (χ4n) is 3.16. The van der Waals surface area contributed by atoms with E-state index >= 15 is 0 Å². The average Bonchev–Trinajstić information content (AvgIpc) is 3.11. The molecule has 2 aromatic rings. The molecule has 126 valence electrons. The molecule has 2 fully saturated rings. The van der Waals surface area contributed by atoms with Crippen molar-refractivity contribution in [2.75, 3.05) is 26.2 Å². The zero-order chi connectivity index (χ0) is 17.0. The summed E-state index contributed by atoms with van der Waals surface area (Å²) in [6.45, 7) is 1.40. The number of hydrogen-bond donors (Lipinski definition) is 1. The molecule has 6 nitrogen and oxygen atoms in total. The third kappa shape index (κ3) is 2.22. The van der Waals surface area contributed by atoms with Crippen LogP contribution in [-0.2, 0) is 4.74 Å². The van der Waals surface area contributed by atoms with E-state index in [1.807, 2.05) is 0 Å². The minimum atomic E-state index is -0.598. The average molecular weight is 372 g/mol. The molecule has 9 heteroatoms. The Bertz CT molecular complexity index is 869. The molecule has 3 heterocycles. The van der Waals surface area contributed by atoms with Crippen molar-refractivity contribution in [3.05, 3.63) is 33.7 Å². The summed E-state index contributed by atoms with van der Waals surface area (Å²) in [7, 11) is 0. The summed E-state index contributed by atoms with van der Waals surface area (Å²) in [6.07, 6.45) is -0.349. The zero-order valence-electron chi connectivity index (χ0n) is 12.3. The van der Waals surface area contributed by atoms with Crippen molar-refractivity contribution in [2.45, 2.75) is 6.04 Å². The predicted octanol–water partition coefficient (Wildman–Crippen LogP) is 2.89. The number of H-pyrrole nitrogens is 1. The minimum Gasteiger partial charge on any atom is -0.447 e. The van der Waals surface area contributed by atoms with Gasteiger partial charge in [0, 0.05) is 30.5 Å². The lowest BCUT2D eigenvalue weighted by atomic mass is 10.2. The van der Waals surface area contributed by atoms with E-state index in [2.05, 4.69) is 4.98 Å². The third-order valence-corrected chi connectivity index (χ3v) is 5.16. The quantitative estimate of drug-likeness (QED) is 0.837. The number of benzene rings is 1. The normalized spacial score (nSPS) is 20.5. The van der Waals surface area contributed by atoms with Crippen LogP contribution in [0, 0.1) is 5.82 Å². The molecule has 0 aliphatic carbocycles. The second-order valence-corrected chi connectivity index (χ2v) is 6.53. The predicted molar refractivity (Wildman–Crippen MR) is 86.0 cm³/mol. The topological polar surface area (TPSA) is 65.6 Å². The van der Waals surface area contributed by atoms with E-state index in [1.54, 1.807) is 9.80 Å². The molecule has 4 rings (SSSR count). The van der Waals surface area contributed by atoms with Gasteiger partial charge in [0.1, 0.15) is 18.1 Å². The summed E-state index contributed by atoms with van der Waals surface area (Å²) < 4.78 is 18.6. The summed E-state index contributed by atoms with van der Waals surface area (Å²) in [4.78, 5) is 30.4. The van der Waals surface area contributed by atoms with E-state index in [4.69, 9.17) is 27.9 Å². The van der Waals surface area contributed by atoms with Gasteiger partial charge < -0.3 is 14.6 Å². The smallest absolute Gasteiger partial charge is 0.410 e. The third-order valence-electron chi connectivity index (χ3n) is 4.41. The summed E-state index contributed by atoms with van der Waals surface area (Å²) in [5.74, 6) is -0.911. The van der Waals surface area contributed by atoms with E-state index in [0.717, 1.165) is 0 Å². The molecular weight excluding hydrogens is 360 g/mol. The number of ether oxygens (including phenoxy) is 1. The van der Waals surface area contributed by atoms with Crippen LogP contribution in [0.25, 0.3) is 10.9 Å². The fraction of sp³-hybridized carbons (Fsp3) is 0.333. The number of rotatable bonds is 1. The number of amides is 2. The molecule has 1 aromatic carbocycles. The zero-order valence-corrected chi connectivity index (χ0v) is 13.8. The Balaban J connectivity index is 1.66. The van der Waals surface area contributed by atoms with E-state index < -0.39 is 5.82 Å². The molecule has 2 saturated heterocycles. The molecule has 0 bridgehead atoms. The van der Waals surface area contributed by atoms with Crippen LogP contribution >= 0.6 is 23.2 Å². The van der Waals surface area contributed by atoms with Gasteiger partial charge in [-0.15, -0.1) is 0 Å². The molecule has 24 heavy (non-hydrogen) atoms. The Labute approximate surface area is 146 Å². The molecule has 2 aliphatic heterocycles. The number of aromatic amines is 1. The van der Waals surface area contributed by atoms with E-state index in [0.29, 0.717) is 30.5 Å². The van der Waals surface area contributed by atoms with Gasteiger partial charge >= 0.3 is 6.09 Å². The van der Waals surface area contributed by atoms with Crippen LogP contribution < -0.4 is 0 Å². The molecule has 1 N–H and O–H groups in total. The van der Waals surface area contributed by atoms with Gasteiger partial charge in [-0.25, -0.2) is 9.18 Å². The van der Waals surface area contributed by atoms with E-state index in [-0.39, 0.29) is 40.4 Å². The number of aromatic nitrogens is 1. The maximum Gasteiger partial charge on any atom is 0.410 e. The number of fused-ring (bicyclic) bond motifs is 2. The highest BCUT2D eigenvalue weighted by Crippen LogP contribution is 2.35. The highest BCUT2D eigenvalue weighted by molar-refractivity contribution is 6.44. The lowest BCUT2D eigenvalue weighted by Crippen LogP contribution is -2.53. The first-order chi connectivity index (χ1) is 11.5. The van der Waals surface area contributed by atoms with Crippen molar-refractivity contribution in [3.8, 4) is 0 Å². The van der Waals surface area contributed by atoms with Gasteiger partial charge in [-0.2, -0.15) is 0 Å². The maximum absolute atomic E-state index is 13.6. The lowest BCUT2D eigenvalue weighted by Gasteiger charge is -2.35. The van der Waals surface area contributed by atoms with Crippen LogP contribution in [0.1, 0.15) is 10.5 Å². The Morgan fingerprint density at radius 1 is 1.29 bits per heavy atom. The van der Waals surface area contributed by atoms with Crippen molar-refractivity contribution in [1.29, 1.82) is 0 Å². The van der Waals surface area contributed by atoms with Crippen LogP contribution in [0.3, 0.4) is 0 Å². The Morgan fingerprint density at radius 2 is 2.08 bits per heavy atom.